The molecule has 0 fully saturated rings. The third-order valence-electron chi connectivity index (χ3n) is 2.04. The van der Waals surface area contributed by atoms with Gasteiger partial charge in [-0.05, 0) is 39.0 Å². The number of hydrogen-bond acceptors (Lipinski definition) is 3. The van der Waals surface area contributed by atoms with Crippen LogP contribution in [0.15, 0.2) is 22.0 Å². The third kappa shape index (κ3) is 1.34. The van der Waals surface area contributed by atoms with Gasteiger partial charge in [-0.2, -0.15) is 5.26 Å². The molecule has 1 aromatic heterocycles. The molecule has 0 saturated heterocycles. The maximum atomic E-state index is 9.12. The number of aliphatic hydroxyl groups is 1. The van der Waals surface area contributed by atoms with Crippen LogP contribution in [0.2, 0.25) is 0 Å². The maximum absolute atomic E-state index is 9.12. The number of benzene rings is 1. The van der Waals surface area contributed by atoms with Gasteiger partial charge in [0.1, 0.15) is 6.07 Å². The number of hydrogen-bond donors (Lipinski definition) is 1. The fourth-order valence-electron chi connectivity index (χ4n) is 1.35. The van der Waals surface area contributed by atoms with Gasteiger partial charge in [-0.1, -0.05) is 0 Å². The van der Waals surface area contributed by atoms with Crippen LogP contribution in [-0.4, -0.2) is 5.11 Å². The normalized spacial score (nSPS) is 10.4. The van der Waals surface area contributed by atoms with Crippen molar-refractivity contribution < 1.29 is 5.11 Å². The van der Waals surface area contributed by atoms with Gasteiger partial charge < -0.3 is 5.11 Å². The highest BCUT2D eigenvalue weighted by atomic mass is 79.9. The molecule has 1 aromatic carbocycles. The molecule has 2 nitrogen and oxygen atoms in total. The molecule has 0 unspecified atom stereocenters. The van der Waals surface area contributed by atoms with E-state index in [1.165, 1.54) is 0 Å². The zero-order chi connectivity index (χ0) is 10.1. The minimum Gasteiger partial charge on any atom is -0.392 e. The summed E-state index contributed by atoms with van der Waals surface area (Å²) in [6.45, 7) is 0.00742. The highest BCUT2D eigenvalue weighted by molar-refractivity contribution is 9.10. The first-order valence-electron chi connectivity index (χ1n) is 3.97. The molecule has 0 amide bonds. The van der Waals surface area contributed by atoms with Crippen LogP contribution >= 0.6 is 27.3 Å². The summed E-state index contributed by atoms with van der Waals surface area (Å²) in [5.41, 5.74) is 1.47. The molecule has 14 heavy (non-hydrogen) atoms. The van der Waals surface area contributed by atoms with Crippen LogP contribution in [0.4, 0.5) is 0 Å². The summed E-state index contributed by atoms with van der Waals surface area (Å²) in [7, 11) is 0. The summed E-state index contributed by atoms with van der Waals surface area (Å²) in [5, 5.41) is 20.8. The van der Waals surface area contributed by atoms with Crippen molar-refractivity contribution in [3.05, 3.63) is 33.1 Å². The smallest absolute Gasteiger partial charge is 0.100 e. The van der Waals surface area contributed by atoms with Crippen LogP contribution in [0.25, 0.3) is 10.1 Å². The second-order valence-electron chi connectivity index (χ2n) is 2.83. The zero-order valence-corrected chi connectivity index (χ0v) is 9.52. The van der Waals surface area contributed by atoms with E-state index in [2.05, 4.69) is 22.0 Å². The van der Waals surface area contributed by atoms with E-state index in [1.807, 2.05) is 11.4 Å². The average molecular weight is 268 g/mol. The molecule has 2 rings (SSSR count). The molecule has 0 saturated carbocycles. The van der Waals surface area contributed by atoms with Crippen molar-refractivity contribution in [2.75, 3.05) is 0 Å². The molecule has 1 heterocycles. The Morgan fingerprint density at radius 1 is 1.50 bits per heavy atom. The predicted octanol–water partition coefficient (Wildman–Crippen LogP) is 3.03. The first-order chi connectivity index (χ1) is 6.77. The first-order valence-corrected chi connectivity index (χ1v) is 5.64. The van der Waals surface area contributed by atoms with Gasteiger partial charge in [-0.25, -0.2) is 0 Å². The number of fused-ring (bicyclic) bond motifs is 1. The van der Waals surface area contributed by atoms with Gasteiger partial charge in [-0.15, -0.1) is 11.3 Å². The lowest BCUT2D eigenvalue weighted by atomic mass is 10.1. The fourth-order valence-corrected chi connectivity index (χ4v) is 3.13. The Labute approximate surface area is 93.5 Å². The lowest BCUT2D eigenvalue weighted by Gasteiger charge is -1.99. The van der Waals surface area contributed by atoms with Crippen molar-refractivity contribution in [2.45, 2.75) is 6.61 Å². The highest BCUT2D eigenvalue weighted by Crippen LogP contribution is 2.34. The Kier molecular flexibility index (Phi) is 2.55. The van der Waals surface area contributed by atoms with E-state index in [1.54, 1.807) is 17.4 Å². The van der Waals surface area contributed by atoms with Crippen LogP contribution in [0.5, 0.6) is 0 Å². The van der Waals surface area contributed by atoms with E-state index >= 15 is 0 Å². The molecule has 70 valence electrons. The van der Waals surface area contributed by atoms with Gasteiger partial charge in [0.25, 0.3) is 0 Å². The quantitative estimate of drug-likeness (QED) is 0.863. The van der Waals surface area contributed by atoms with Gasteiger partial charge in [0.15, 0.2) is 0 Å². The van der Waals surface area contributed by atoms with E-state index in [4.69, 9.17) is 10.4 Å². The standard InChI is InChI=1S/C10H6BrNOS/c11-10-6(3-12)1-2-8-9(10)7(4-13)5-14-8/h1-2,5,13H,4H2. The third-order valence-corrected chi connectivity index (χ3v) is 3.86. The molecular formula is C10H6BrNOS. The van der Waals surface area contributed by atoms with Gasteiger partial charge in [0, 0.05) is 14.6 Å². The van der Waals surface area contributed by atoms with Crippen molar-refractivity contribution in [1.82, 2.24) is 0 Å². The van der Waals surface area contributed by atoms with Crippen LogP contribution in [0.3, 0.4) is 0 Å². The molecular weight excluding hydrogens is 262 g/mol. The van der Waals surface area contributed by atoms with Crippen LogP contribution in [0, 0.1) is 11.3 Å². The van der Waals surface area contributed by atoms with Crippen LogP contribution in [0.1, 0.15) is 11.1 Å². The van der Waals surface area contributed by atoms with Gasteiger partial charge in [0.05, 0.1) is 12.2 Å². The summed E-state index contributed by atoms with van der Waals surface area (Å²) in [6.07, 6.45) is 0. The van der Waals surface area contributed by atoms with Gasteiger partial charge in [0.2, 0.25) is 0 Å². The Morgan fingerprint density at radius 2 is 2.29 bits per heavy atom. The Balaban J connectivity index is 2.85. The zero-order valence-electron chi connectivity index (χ0n) is 7.12. The second kappa shape index (κ2) is 3.70. The number of aliphatic hydroxyl groups excluding tert-OH is 1. The number of thiophene rings is 1. The van der Waals surface area contributed by atoms with E-state index in [0.717, 1.165) is 20.1 Å². The predicted molar refractivity (Wildman–Crippen MR) is 60.2 cm³/mol. The molecule has 0 spiro atoms. The Bertz CT molecular complexity index is 527. The van der Waals surface area contributed by atoms with Gasteiger partial charge in [-0.3, -0.25) is 0 Å². The summed E-state index contributed by atoms with van der Waals surface area (Å²) >= 11 is 4.96. The second-order valence-corrected chi connectivity index (χ2v) is 4.54. The van der Waals surface area contributed by atoms with Crippen LogP contribution in [-0.2, 0) is 6.61 Å². The fraction of sp³-hybridized carbons (Fsp3) is 0.100. The van der Waals surface area contributed by atoms with E-state index < -0.39 is 0 Å². The van der Waals surface area contributed by atoms with Crippen molar-refractivity contribution in [1.29, 1.82) is 5.26 Å². The first kappa shape index (κ1) is 9.66. The largest absolute Gasteiger partial charge is 0.392 e. The lowest BCUT2D eigenvalue weighted by Crippen LogP contribution is -1.83. The van der Waals surface area contributed by atoms with Crippen molar-refractivity contribution in [3.63, 3.8) is 0 Å². The van der Waals surface area contributed by atoms with Crippen molar-refractivity contribution in [2.24, 2.45) is 0 Å². The highest BCUT2D eigenvalue weighted by Gasteiger charge is 2.10. The molecule has 4 heteroatoms. The maximum Gasteiger partial charge on any atom is 0.100 e. The molecule has 1 N–H and O–H groups in total. The Hall–Kier alpha value is -0.890. The van der Waals surface area contributed by atoms with E-state index in [-0.39, 0.29) is 6.61 Å². The van der Waals surface area contributed by atoms with Crippen LogP contribution < -0.4 is 0 Å². The van der Waals surface area contributed by atoms with Gasteiger partial charge >= 0.3 is 0 Å². The molecule has 0 aliphatic rings. The lowest BCUT2D eigenvalue weighted by molar-refractivity contribution is 0.284. The minimum atomic E-state index is 0.00742. The molecule has 2 aromatic rings. The number of nitrogens with zero attached hydrogens (tertiary/aromatic N) is 1. The summed E-state index contributed by atoms with van der Waals surface area (Å²) in [4.78, 5) is 0. The van der Waals surface area contributed by atoms with E-state index in [0.29, 0.717) is 5.56 Å². The van der Waals surface area contributed by atoms with E-state index in [9.17, 15) is 0 Å². The molecule has 0 radical (unpaired) electrons. The Morgan fingerprint density at radius 3 is 2.93 bits per heavy atom. The SMILES string of the molecule is N#Cc1ccc2scc(CO)c2c1Br. The average Bonchev–Trinajstić information content (AvgIpc) is 2.62. The summed E-state index contributed by atoms with van der Waals surface area (Å²) < 4.78 is 1.86. The van der Waals surface area contributed by atoms with Crippen molar-refractivity contribution in [3.8, 4) is 6.07 Å². The summed E-state index contributed by atoms with van der Waals surface area (Å²) in [5.74, 6) is 0. The molecule has 0 aliphatic carbocycles. The summed E-state index contributed by atoms with van der Waals surface area (Å²) in [6, 6.07) is 5.79. The molecule has 0 bridgehead atoms. The monoisotopic (exact) mass is 267 g/mol. The number of halogens is 1. The number of rotatable bonds is 1. The number of nitriles is 1. The van der Waals surface area contributed by atoms with Crippen molar-refractivity contribution >= 4 is 37.4 Å². The molecule has 0 atom stereocenters. The minimum absolute atomic E-state index is 0.00742. The molecule has 0 aliphatic heterocycles. The topological polar surface area (TPSA) is 44.0 Å².